The Morgan fingerprint density at radius 2 is 1.48 bits per heavy atom. The minimum absolute atomic E-state index is 0.378. The average molecular weight is 290 g/mol. The molecule has 0 amide bonds. The van der Waals surface area contributed by atoms with Gasteiger partial charge in [-0.2, -0.15) is 0 Å². The van der Waals surface area contributed by atoms with Gasteiger partial charge < -0.3 is 14.4 Å². The smallest absolute Gasteiger partial charge is 0.481 e. The molecule has 1 aromatic rings. The molecule has 1 heterocycles. The molecule has 0 atom stereocenters. The van der Waals surface area contributed by atoms with Crippen LogP contribution in [-0.4, -0.2) is 29.4 Å². The molecule has 114 valence electrons. The van der Waals surface area contributed by atoms with Crippen molar-refractivity contribution in [2.24, 2.45) is 0 Å². The van der Waals surface area contributed by atoms with Gasteiger partial charge in [0, 0.05) is 0 Å². The van der Waals surface area contributed by atoms with Crippen molar-refractivity contribution in [1.29, 1.82) is 0 Å². The van der Waals surface area contributed by atoms with Gasteiger partial charge in [0.25, 0.3) is 0 Å². The summed E-state index contributed by atoms with van der Waals surface area (Å²) in [6.07, 6.45) is 0. The number of rotatable bonds is 3. The third-order valence-electron chi connectivity index (χ3n) is 4.69. The number of carboxylic acids is 1. The van der Waals surface area contributed by atoms with E-state index >= 15 is 0 Å². The standard InChI is InChI=1S/C16H23BO4/c1-14(2,13(18)19)11-7-9-12(10-8-11)17-20-15(3,4)16(5,6)21-17/h7-10H,1-6H3,(H,18,19). The molecule has 1 fully saturated rings. The van der Waals surface area contributed by atoms with E-state index in [9.17, 15) is 9.90 Å². The number of aliphatic carboxylic acids is 1. The molecule has 0 unspecified atom stereocenters. The van der Waals surface area contributed by atoms with E-state index in [4.69, 9.17) is 9.31 Å². The zero-order chi connectivity index (χ0) is 16.1. The largest absolute Gasteiger partial charge is 0.494 e. The molecule has 1 aliphatic rings. The summed E-state index contributed by atoms with van der Waals surface area (Å²) in [5.74, 6) is -0.842. The molecule has 21 heavy (non-hydrogen) atoms. The van der Waals surface area contributed by atoms with Gasteiger partial charge in [0.15, 0.2) is 0 Å². The monoisotopic (exact) mass is 290 g/mol. The lowest BCUT2D eigenvalue weighted by atomic mass is 9.76. The Morgan fingerprint density at radius 3 is 1.86 bits per heavy atom. The van der Waals surface area contributed by atoms with Crippen molar-refractivity contribution in [1.82, 2.24) is 0 Å². The lowest BCUT2D eigenvalue weighted by Gasteiger charge is -2.32. The third-order valence-corrected chi connectivity index (χ3v) is 4.69. The number of benzene rings is 1. The second-order valence-corrected chi connectivity index (χ2v) is 7.14. The van der Waals surface area contributed by atoms with Gasteiger partial charge in [-0.3, -0.25) is 4.79 Å². The van der Waals surface area contributed by atoms with Crippen molar-refractivity contribution in [3.8, 4) is 0 Å². The van der Waals surface area contributed by atoms with Crippen molar-refractivity contribution in [2.45, 2.75) is 58.2 Å². The molecule has 5 heteroatoms. The maximum absolute atomic E-state index is 11.3. The minimum Gasteiger partial charge on any atom is -0.481 e. The Balaban J connectivity index is 2.24. The number of carboxylic acid groups (broad SMARTS) is 1. The van der Waals surface area contributed by atoms with Crippen LogP contribution in [0, 0.1) is 0 Å². The summed E-state index contributed by atoms with van der Waals surface area (Å²) < 4.78 is 12.0. The van der Waals surface area contributed by atoms with E-state index in [-0.39, 0.29) is 11.2 Å². The number of carbonyl (C=O) groups is 1. The fourth-order valence-corrected chi connectivity index (χ4v) is 2.16. The highest BCUT2D eigenvalue weighted by atomic mass is 16.7. The Kier molecular flexibility index (Phi) is 3.71. The van der Waals surface area contributed by atoms with E-state index in [0.29, 0.717) is 0 Å². The first kappa shape index (κ1) is 16.1. The Hall–Kier alpha value is -1.33. The minimum atomic E-state index is -0.908. The maximum atomic E-state index is 11.3. The zero-order valence-corrected chi connectivity index (χ0v) is 13.6. The van der Waals surface area contributed by atoms with Crippen LogP contribution in [0.2, 0.25) is 0 Å². The summed E-state index contributed by atoms with van der Waals surface area (Å²) >= 11 is 0. The van der Waals surface area contributed by atoms with Crippen LogP contribution in [0.1, 0.15) is 47.1 Å². The lowest BCUT2D eigenvalue weighted by molar-refractivity contribution is -0.142. The molecular formula is C16H23BO4. The molecule has 1 saturated heterocycles. The molecular weight excluding hydrogens is 267 g/mol. The molecule has 0 aromatic heterocycles. The predicted octanol–water partition coefficient (Wildman–Crippen LogP) is 2.35. The van der Waals surface area contributed by atoms with E-state index in [1.807, 2.05) is 52.0 Å². The fraction of sp³-hybridized carbons (Fsp3) is 0.562. The van der Waals surface area contributed by atoms with Crippen LogP contribution in [0.25, 0.3) is 0 Å². The normalized spacial score (nSPS) is 20.6. The van der Waals surface area contributed by atoms with E-state index in [1.54, 1.807) is 13.8 Å². The van der Waals surface area contributed by atoms with Gasteiger partial charge in [-0.05, 0) is 52.6 Å². The van der Waals surface area contributed by atoms with Crippen molar-refractivity contribution in [2.75, 3.05) is 0 Å². The zero-order valence-electron chi connectivity index (χ0n) is 13.6. The van der Waals surface area contributed by atoms with Crippen LogP contribution in [0.15, 0.2) is 24.3 Å². The van der Waals surface area contributed by atoms with Gasteiger partial charge in [-0.15, -0.1) is 0 Å². The topological polar surface area (TPSA) is 55.8 Å². The highest BCUT2D eigenvalue weighted by Crippen LogP contribution is 2.36. The van der Waals surface area contributed by atoms with Crippen molar-refractivity contribution in [3.63, 3.8) is 0 Å². The first-order valence-corrected chi connectivity index (χ1v) is 7.17. The van der Waals surface area contributed by atoms with Gasteiger partial charge in [0.2, 0.25) is 0 Å². The van der Waals surface area contributed by atoms with E-state index in [2.05, 4.69) is 0 Å². The number of hydrogen-bond acceptors (Lipinski definition) is 3. The predicted molar refractivity (Wildman–Crippen MR) is 82.8 cm³/mol. The van der Waals surface area contributed by atoms with Gasteiger partial charge in [0.1, 0.15) is 0 Å². The maximum Gasteiger partial charge on any atom is 0.494 e. The molecule has 2 rings (SSSR count). The summed E-state index contributed by atoms with van der Waals surface area (Å²) in [5, 5.41) is 9.26. The SMILES string of the molecule is CC(C)(C(=O)O)c1ccc(B2OC(C)(C)C(C)(C)O2)cc1. The summed E-state index contributed by atoms with van der Waals surface area (Å²) in [7, 11) is -0.419. The third kappa shape index (κ3) is 2.72. The lowest BCUT2D eigenvalue weighted by Crippen LogP contribution is -2.41. The Morgan fingerprint density at radius 1 is 1.05 bits per heavy atom. The molecule has 0 saturated carbocycles. The summed E-state index contributed by atoms with van der Waals surface area (Å²) in [4.78, 5) is 11.3. The Bertz CT molecular complexity index is 530. The van der Waals surface area contributed by atoms with E-state index < -0.39 is 18.5 Å². The fourth-order valence-electron chi connectivity index (χ4n) is 2.16. The Labute approximate surface area is 126 Å². The molecule has 0 aliphatic carbocycles. The molecule has 4 nitrogen and oxygen atoms in total. The quantitative estimate of drug-likeness (QED) is 0.868. The highest BCUT2D eigenvalue weighted by molar-refractivity contribution is 6.62. The molecule has 1 N–H and O–H groups in total. The van der Waals surface area contributed by atoms with Gasteiger partial charge in [-0.25, -0.2) is 0 Å². The van der Waals surface area contributed by atoms with Crippen LogP contribution >= 0.6 is 0 Å². The first-order valence-electron chi connectivity index (χ1n) is 7.17. The molecule has 0 radical (unpaired) electrons. The summed E-state index contributed by atoms with van der Waals surface area (Å²) in [5.41, 5.74) is -0.00389. The van der Waals surface area contributed by atoms with Gasteiger partial charge >= 0.3 is 13.1 Å². The van der Waals surface area contributed by atoms with E-state index in [1.165, 1.54) is 0 Å². The highest BCUT2D eigenvalue weighted by Gasteiger charge is 2.51. The van der Waals surface area contributed by atoms with Crippen molar-refractivity contribution in [3.05, 3.63) is 29.8 Å². The van der Waals surface area contributed by atoms with Gasteiger partial charge in [0.05, 0.1) is 16.6 Å². The average Bonchev–Trinajstić information content (AvgIpc) is 2.58. The van der Waals surface area contributed by atoms with Crippen LogP contribution in [0.4, 0.5) is 0 Å². The van der Waals surface area contributed by atoms with Crippen molar-refractivity contribution < 1.29 is 19.2 Å². The van der Waals surface area contributed by atoms with Crippen LogP contribution in [-0.2, 0) is 19.5 Å². The molecule has 1 aromatic carbocycles. The van der Waals surface area contributed by atoms with Crippen LogP contribution in [0.5, 0.6) is 0 Å². The molecule has 0 spiro atoms. The molecule has 0 bridgehead atoms. The number of hydrogen-bond donors (Lipinski definition) is 1. The summed E-state index contributed by atoms with van der Waals surface area (Å²) in [6, 6.07) is 7.41. The second kappa shape index (κ2) is 4.85. The van der Waals surface area contributed by atoms with Crippen LogP contribution in [0.3, 0.4) is 0 Å². The first-order chi connectivity index (χ1) is 9.47. The van der Waals surface area contributed by atoms with Crippen molar-refractivity contribution >= 4 is 18.6 Å². The van der Waals surface area contributed by atoms with Gasteiger partial charge in [-0.1, -0.05) is 24.3 Å². The second-order valence-electron chi connectivity index (χ2n) is 7.14. The summed E-state index contributed by atoms with van der Waals surface area (Å²) in [6.45, 7) is 11.4. The van der Waals surface area contributed by atoms with Crippen LogP contribution < -0.4 is 5.46 Å². The molecule has 1 aliphatic heterocycles. The van der Waals surface area contributed by atoms with E-state index in [0.717, 1.165) is 11.0 Å².